The molecule has 1 N–H and O–H groups in total. The van der Waals surface area contributed by atoms with Gasteiger partial charge in [0.15, 0.2) is 0 Å². The van der Waals surface area contributed by atoms with E-state index in [4.69, 9.17) is 21.4 Å². The van der Waals surface area contributed by atoms with Gasteiger partial charge in [-0.1, -0.05) is 11.6 Å². The lowest BCUT2D eigenvalue weighted by Gasteiger charge is -2.15. The summed E-state index contributed by atoms with van der Waals surface area (Å²) in [7, 11) is 0. The molecule has 0 aliphatic carbocycles. The molecule has 0 saturated carbocycles. The molecule has 1 atom stereocenters. The molecule has 3 nitrogen and oxygen atoms in total. The van der Waals surface area contributed by atoms with E-state index in [2.05, 4.69) is 0 Å². The molecular formula is C10H10ClFO3. The predicted octanol–water partition coefficient (Wildman–Crippen LogP) is 2.53. The summed E-state index contributed by atoms with van der Waals surface area (Å²) in [6.45, 7) is 0.412. The van der Waals surface area contributed by atoms with Gasteiger partial charge >= 0.3 is 5.97 Å². The summed E-state index contributed by atoms with van der Waals surface area (Å²) in [4.78, 5) is 10.4. The highest BCUT2D eigenvalue weighted by Gasteiger charge is 2.33. The first-order valence-electron chi connectivity index (χ1n) is 4.22. The second-order valence-electron chi connectivity index (χ2n) is 3.25. The molecule has 0 spiro atoms. The third kappa shape index (κ3) is 3.40. The zero-order valence-electron chi connectivity index (χ0n) is 8.04. The Morgan fingerprint density at radius 1 is 1.53 bits per heavy atom. The molecule has 0 heterocycles. The number of aliphatic carboxylic acids is 1. The van der Waals surface area contributed by atoms with E-state index in [1.54, 1.807) is 24.3 Å². The number of ether oxygens (including phenoxy) is 1. The number of hydrogen-bond donors (Lipinski definition) is 1. The minimum atomic E-state index is -2.39. The third-order valence-corrected chi connectivity index (χ3v) is 2.02. The highest BCUT2D eigenvalue weighted by atomic mass is 35.5. The van der Waals surface area contributed by atoms with Crippen LogP contribution < -0.4 is 4.74 Å². The quantitative estimate of drug-likeness (QED) is 0.868. The number of carboxylic acids is 1. The van der Waals surface area contributed by atoms with E-state index < -0.39 is 18.2 Å². The van der Waals surface area contributed by atoms with Gasteiger partial charge in [0, 0.05) is 5.02 Å². The first kappa shape index (κ1) is 11.8. The topological polar surface area (TPSA) is 46.5 Å². The highest BCUT2D eigenvalue weighted by Crippen LogP contribution is 2.18. The third-order valence-electron chi connectivity index (χ3n) is 1.77. The van der Waals surface area contributed by atoms with E-state index in [0.717, 1.165) is 6.92 Å². The van der Waals surface area contributed by atoms with Crippen molar-refractivity contribution in [3.8, 4) is 5.75 Å². The molecule has 0 amide bonds. The van der Waals surface area contributed by atoms with E-state index in [0.29, 0.717) is 10.8 Å². The molecule has 15 heavy (non-hydrogen) atoms. The van der Waals surface area contributed by atoms with Crippen LogP contribution >= 0.6 is 11.6 Å². The van der Waals surface area contributed by atoms with Crippen molar-refractivity contribution in [1.82, 2.24) is 0 Å². The molecule has 0 fully saturated rings. The molecule has 0 aromatic heterocycles. The Hall–Kier alpha value is -1.29. The Balaban J connectivity index is 2.57. The van der Waals surface area contributed by atoms with Crippen LogP contribution in [-0.2, 0) is 4.79 Å². The van der Waals surface area contributed by atoms with Crippen LogP contribution in [0.15, 0.2) is 24.3 Å². The first-order valence-corrected chi connectivity index (χ1v) is 4.60. The molecule has 5 heteroatoms. The number of halogens is 2. The number of hydrogen-bond acceptors (Lipinski definition) is 2. The van der Waals surface area contributed by atoms with E-state index >= 15 is 0 Å². The van der Waals surface area contributed by atoms with Crippen molar-refractivity contribution in [2.45, 2.75) is 12.6 Å². The van der Waals surface area contributed by atoms with E-state index in [1.165, 1.54) is 0 Å². The van der Waals surface area contributed by atoms with Gasteiger partial charge in [0.05, 0.1) is 0 Å². The van der Waals surface area contributed by atoms with Crippen LogP contribution in [0.3, 0.4) is 0 Å². The Morgan fingerprint density at radius 3 is 2.53 bits per heavy atom. The summed E-state index contributed by atoms with van der Waals surface area (Å²) in [6, 6.07) is 6.24. The minimum Gasteiger partial charge on any atom is -0.490 e. The van der Waals surface area contributed by atoms with Gasteiger partial charge in [-0.05, 0) is 31.2 Å². The fourth-order valence-corrected chi connectivity index (χ4v) is 0.937. The van der Waals surface area contributed by atoms with Crippen molar-refractivity contribution in [3.05, 3.63) is 29.3 Å². The molecular weight excluding hydrogens is 223 g/mol. The maximum Gasteiger partial charge on any atom is 0.344 e. The lowest BCUT2D eigenvalue weighted by atomic mass is 10.1. The summed E-state index contributed by atoms with van der Waals surface area (Å²) in [5.74, 6) is -1.17. The summed E-state index contributed by atoms with van der Waals surface area (Å²) in [5.41, 5.74) is -2.39. The van der Waals surface area contributed by atoms with Crippen molar-refractivity contribution in [1.29, 1.82) is 0 Å². The monoisotopic (exact) mass is 232 g/mol. The van der Waals surface area contributed by atoms with Crippen LogP contribution in [0, 0.1) is 0 Å². The van der Waals surface area contributed by atoms with Crippen molar-refractivity contribution in [3.63, 3.8) is 0 Å². The minimum absolute atomic E-state index is 0.379. The average Bonchev–Trinajstić information content (AvgIpc) is 2.17. The zero-order valence-corrected chi connectivity index (χ0v) is 8.79. The van der Waals surface area contributed by atoms with Gasteiger partial charge in [-0.2, -0.15) is 0 Å². The molecule has 1 aromatic carbocycles. The lowest BCUT2D eigenvalue weighted by molar-refractivity contribution is -0.151. The van der Waals surface area contributed by atoms with Crippen LogP contribution in [-0.4, -0.2) is 23.4 Å². The van der Waals surface area contributed by atoms with E-state index in [-0.39, 0.29) is 0 Å². The van der Waals surface area contributed by atoms with Gasteiger partial charge in [-0.3, -0.25) is 0 Å². The Bertz CT molecular complexity index is 348. The molecule has 1 aromatic rings. The van der Waals surface area contributed by atoms with Crippen LogP contribution in [0.1, 0.15) is 6.92 Å². The van der Waals surface area contributed by atoms with Crippen molar-refractivity contribution in [2.24, 2.45) is 0 Å². The normalized spacial score (nSPS) is 14.3. The number of rotatable bonds is 4. The second-order valence-corrected chi connectivity index (χ2v) is 3.68. The Labute approximate surface area is 91.4 Å². The predicted molar refractivity (Wildman–Crippen MR) is 54.1 cm³/mol. The number of alkyl halides is 1. The molecule has 0 saturated heterocycles. The SMILES string of the molecule is CC(F)(COc1ccc(Cl)cc1)C(=O)O. The maximum atomic E-state index is 13.2. The molecule has 1 rings (SSSR count). The van der Waals surface area contributed by atoms with Crippen LogP contribution in [0.25, 0.3) is 0 Å². The van der Waals surface area contributed by atoms with Crippen LogP contribution in [0.4, 0.5) is 4.39 Å². The Morgan fingerprint density at radius 2 is 2.07 bits per heavy atom. The number of carbonyl (C=O) groups is 1. The fourth-order valence-electron chi connectivity index (χ4n) is 0.811. The lowest BCUT2D eigenvalue weighted by Crippen LogP contribution is -2.36. The highest BCUT2D eigenvalue weighted by molar-refractivity contribution is 6.30. The number of carboxylic acid groups (broad SMARTS) is 1. The van der Waals surface area contributed by atoms with Gasteiger partial charge in [-0.15, -0.1) is 0 Å². The van der Waals surface area contributed by atoms with Gasteiger partial charge in [0.1, 0.15) is 12.4 Å². The van der Waals surface area contributed by atoms with E-state index in [9.17, 15) is 9.18 Å². The fraction of sp³-hybridized carbons (Fsp3) is 0.300. The maximum absolute atomic E-state index is 13.2. The van der Waals surface area contributed by atoms with Gasteiger partial charge in [0.25, 0.3) is 0 Å². The van der Waals surface area contributed by atoms with Crippen LogP contribution in [0.2, 0.25) is 5.02 Å². The van der Waals surface area contributed by atoms with Gasteiger partial charge < -0.3 is 9.84 Å². The molecule has 0 aliphatic rings. The van der Waals surface area contributed by atoms with Gasteiger partial charge in [0.2, 0.25) is 5.67 Å². The average molecular weight is 233 g/mol. The summed E-state index contributed by atoms with van der Waals surface area (Å²) >= 11 is 5.63. The van der Waals surface area contributed by atoms with E-state index in [1.807, 2.05) is 0 Å². The first-order chi connectivity index (χ1) is 6.92. The zero-order chi connectivity index (χ0) is 11.5. The molecule has 1 unspecified atom stereocenters. The molecule has 82 valence electrons. The molecule has 0 aliphatic heterocycles. The van der Waals surface area contributed by atoms with Crippen molar-refractivity contribution in [2.75, 3.05) is 6.61 Å². The van der Waals surface area contributed by atoms with Crippen LogP contribution in [0.5, 0.6) is 5.75 Å². The number of benzene rings is 1. The summed E-state index contributed by atoms with van der Waals surface area (Å²) < 4.78 is 18.2. The second kappa shape index (κ2) is 4.49. The largest absolute Gasteiger partial charge is 0.490 e. The summed E-state index contributed by atoms with van der Waals surface area (Å²) in [5, 5.41) is 9.02. The Kier molecular flexibility index (Phi) is 3.52. The molecule has 0 bridgehead atoms. The van der Waals surface area contributed by atoms with Crippen molar-refractivity contribution < 1.29 is 19.0 Å². The molecule has 0 radical (unpaired) electrons. The van der Waals surface area contributed by atoms with Crippen molar-refractivity contribution >= 4 is 17.6 Å². The summed E-state index contributed by atoms with van der Waals surface area (Å²) in [6.07, 6.45) is 0. The van der Waals surface area contributed by atoms with Gasteiger partial charge in [-0.25, -0.2) is 9.18 Å². The standard InChI is InChI=1S/C10H10ClFO3/c1-10(12,9(13)14)6-15-8-4-2-7(11)3-5-8/h2-5H,6H2,1H3,(H,13,14). The smallest absolute Gasteiger partial charge is 0.344 e.